The van der Waals surface area contributed by atoms with E-state index in [1.54, 1.807) is 0 Å². The van der Waals surface area contributed by atoms with Gasteiger partial charge in [0, 0.05) is 17.9 Å². The number of aliphatic carboxylic acids is 1. The number of nitrogens with one attached hydrogen (secondary N) is 1. The largest absolute Gasteiger partial charge is 0.480 e. The summed E-state index contributed by atoms with van der Waals surface area (Å²) in [5.74, 6) is -1.46. The fourth-order valence-electron chi connectivity index (χ4n) is 2.81. The molecule has 0 bridgehead atoms. The molecule has 124 valence electrons. The van der Waals surface area contributed by atoms with E-state index >= 15 is 0 Å². The summed E-state index contributed by atoms with van der Waals surface area (Å²) in [6.45, 7) is 1.84. The number of nitrogens with zero attached hydrogens (tertiary/aromatic N) is 1. The second-order valence-electron chi connectivity index (χ2n) is 5.59. The van der Waals surface area contributed by atoms with E-state index in [-0.39, 0.29) is 18.2 Å². The van der Waals surface area contributed by atoms with Gasteiger partial charge in [-0.2, -0.15) is 0 Å². The number of hydrogen-bond donors (Lipinski definition) is 2. The Morgan fingerprint density at radius 1 is 1.35 bits per heavy atom. The monoisotopic (exact) mass is 382 g/mol. The minimum absolute atomic E-state index is 0.0466. The molecular weight excluding hydrogens is 364 g/mol. The molecule has 2 N–H and O–H groups in total. The number of carbonyl (C=O) groups excluding carboxylic acids is 2. The number of likely N-dealkylation sites (tertiary alicyclic amines) is 1. The molecule has 0 saturated carbocycles. The van der Waals surface area contributed by atoms with Crippen LogP contribution in [0.1, 0.15) is 37.8 Å². The van der Waals surface area contributed by atoms with Crippen molar-refractivity contribution in [3.8, 4) is 0 Å². The number of carbonyl (C=O) groups is 3. The quantitative estimate of drug-likeness (QED) is 0.815. The lowest BCUT2D eigenvalue weighted by molar-refractivity contribution is -0.148. The maximum Gasteiger partial charge on any atom is 0.326 e. The van der Waals surface area contributed by atoms with Crippen molar-refractivity contribution in [3.05, 3.63) is 34.3 Å². The molecule has 0 unspecified atom stereocenters. The van der Waals surface area contributed by atoms with E-state index in [1.165, 1.54) is 11.8 Å². The van der Waals surface area contributed by atoms with Gasteiger partial charge in [0.1, 0.15) is 6.04 Å². The Morgan fingerprint density at radius 2 is 2.00 bits per heavy atom. The van der Waals surface area contributed by atoms with E-state index < -0.39 is 18.1 Å². The summed E-state index contributed by atoms with van der Waals surface area (Å²) in [6, 6.07) is 6.11. The van der Waals surface area contributed by atoms with Crippen molar-refractivity contribution in [1.29, 1.82) is 0 Å². The van der Waals surface area contributed by atoms with E-state index in [1.807, 2.05) is 24.3 Å². The van der Waals surface area contributed by atoms with Crippen LogP contribution in [0.4, 0.5) is 0 Å². The van der Waals surface area contributed by atoms with Crippen LogP contribution < -0.4 is 5.32 Å². The van der Waals surface area contributed by atoms with Crippen LogP contribution >= 0.6 is 15.9 Å². The van der Waals surface area contributed by atoms with E-state index in [0.717, 1.165) is 10.0 Å². The van der Waals surface area contributed by atoms with Crippen molar-refractivity contribution in [1.82, 2.24) is 10.2 Å². The van der Waals surface area contributed by atoms with E-state index in [9.17, 15) is 19.5 Å². The molecule has 0 aromatic heterocycles. The highest BCUT2D eigenvalue weighted by Crippen LogP contribution is 2.24. The first-order chi connectivity index (χ1) is 10.9. The summed E-state index contributed by atoms with van der Waals surface area (Å²) in [4.78, 5) is 36.5. The van der Waals surface area contributed by atoms with Crippen molar-refractivity contribution in [3.63, 3.8) is 0 Å². The number of carboxylic acid groups (broad SMARTS) is 1. The summed E-state index contributed by atoms with van der Waals surface area (Å²) in [6.07, 6.45) is 1.21. The number of amides is 2. The summed E-state index contributed by atoms with van der Waals surface area (Å²) in [5.41, 5.74) is 0.808. The number of carboxylic acids is 1. The van der Waals surface area contributed by atoms with Crippen LogP contribution in [0, 0.1) is 0 Å². The van der Waals surface area contributed by atoms with Crippen LogP contribution in [-0.4, -0.2) is 40.4 Å². The molecule has 1 aliphatic rings. The Kier molecular flexibility index (Phi) is 5.76. The average molecular weight is 383 g/mol. The van der Waals surface area contributed by atoms with Crippen LogP contribution in [0.3, 0.4) is 0 Å². The number of halogens is 1. The van der Waals surface area contributed by atoms with E-state index in [2.05, 4.69) is 21.2 Å². The van der Waals surface area contributed by atoms with Gasteiger partial charge in [-0.05, 0) is 30.5 Å². The van der Waals surface area contributed by atoms with Gasteiger partial charge in [0.15, 0.2) is 0 Å². The topological polar surface area (TPSA) is 86.7 Å². The predicted octanol–water partition coefficient (Wildman–Crippen LogP) is 2.09. The first-order valence-corrected chi connectivity index (χ1v) is 8.22. The fourth-order valence-corrected chi connectivity index (χ4v) is 3.07. The fraction of sp³-hybridized carbons (Fsp3) is 0.438. The van der Waals surface area contributed by atoms with Crippen molar-refractivity contribution in [2.75, 3.05) is 6.54 Å². The third-order valence-corrected chi connectivity index (χ3v) is 4.42. The van der Waals surface area contributed by atoms with Crippen molar-refractivity contribution in [2.45, 2.75) is 38.3 Å². The standard InChI is InChI=1S/C16H19BrN2O4/c1-10(20)18-13(11-4-6-12(17)7-5-11)9-15(21)19-8-2-3-14(19)16(22)23/h4-7,13-14H,2-3,8-9H2,1H3,(H,18,20)(H,22,23)/t13-,14+/m1/s1. The molecule has 1 aromatic rings. The third kappa shape index (κ3) is 4.54. The number of benzene rings is 1. The Labute approximate surface area is 143 Å². The zero-order valence-corrected chi connectivity index (χ0v) is 14.4. The minimum Gasteiger partial charge on any atom is -0.480 e. The van der Waals surface area contributed by atoms with Gasteiger partial charge in [0.2, 0.25) is 11.8 Å². The van der Waals surface area contributed by atoms with E-state index in [4.69, 9.17) is 0 Å². The van der Waals surface area contributed by atoms with Gasteiger partial charge >= 0.3 is 5.97 Å². The highest BCUT2D eigenvalue weighted by atomic mass is 79.9. The molecule has 1 saturated heterocycles. The zero-order chi connectivity index (χ0) is 17.0. The maximum absolute atomic E-state index is 12.5. The zero-order valence-electron chi connectivity index (χ0n) is 12.8. The molecule has 1 aliphatic heterocycles. The summed E-state index contributed by atoms with van der Waals surface area (Å²) < 4.78 is 0.902. The Hall–Kier alpha value is -1.89. The molecule has 1 heterocycles. The molecule has 0 spiro atoms. The van der Waals surface area contributed by atoms with Crippen LogP contribution in [0.25, 0.3) is 0 Å². The highest BCUT2D eigenvalue weighted by molar-refractivity contribution is 9.10. The molecule has 7 heteroatoms. The molecule has 23 heavy (non-hydrogen) atoms. The molecule has 1 aromatic carbocycles. The molecule has 2 amide bonds. The second-order valence-corrected chi connectivity index (χ2v) is 6.51. The van der Waals surface area contributed by atoms with Crippen molar-refractivity contribution < 1.29 is 19.5 Å². The molecule has 2 rings (SSSR count). The first kappa shape index (κ1) is 17.5. The van der Waals surface area contributed by atoms with Crippen LogP contribution in [0.5, 0.6) is 0 Å². The molecule has 0 aliphatic carbocycles. The normalized spacial score (nSPS) is 18.5. The van der Waals surface area contributed by atoms with Gasteiger partial charge < -0.3 is 15.3 Å². The number of rotatable bonds is 5. The van der Waals surface area contributed by atoms with Gasteiger partial charge in [-0.15, -0.1) is 0 Å². The lowest BCUT2D eigenvalue weighted by atomic mass is 10.0. The molecule has 0 radical (unpaired) electrons. The van der Waals surface area contributed by atoms with Crippen LogP contribution in [0.15, 0.2) is 28.7 Å². The summed E-state index contributed by atoms with van der Waals surface area (Å²) >= 11 is 3.35. The Bertz CT molecular complexity index is 603. The average Bonchev–Trinajstić information content (AvgIpc) is 2.96. The van der Waals surface area contributed by atoms with Gasteiger partial charge in [0.05, 0.1) is 12.5 Å². The molecule has 6 nitrogen and oxygen atoms in total. The van der Waals surface area contributed by atoms with Gasteiger partial charge in [0.25, 0.3) is 0 Å². The predicted molar refractivity (Wildman–Crippen MR) is 87.7 cm³/mol. The summed E-state index contributed by atoms with van der Waals surface area (Å²) in [7, 11) is 0. The van der Waals surface area contributed by atoms with Crippen molar-refractivity contribution >= 4 is 33.7 Å². The van der Waals surface area contributed by atoms with Crippen LogP contribution in [0.2, 0.25) is 0 Å². The third-order valence-electron chi connectivity index (χ3n) is 3.89. The van der Waals surface area contributed by atoms with Gasteiger partial charge in [-0.1, -0.05) is 28.1 Å². The number of hydrogen-bond acceptors (Lipinski definition) is 3. The second kappa shape index (κ2) is 7.59. The lowest BCUT2D eigenvalue weighted by Gasteiger charge is -2.25. The van der Waals surface area contributed by atoms with E-state index in [0.29, 0.717) is 19.4 Å². The van der Waals surface area contributed by atoms with Crippen molar-refractivity contribution in [2.24, 2.45) is 0 Å². The highest BCUT2D eigenvalue weighted by Gasteiger charge is 2.34. The smallest absolute Gasteiger partial charge is 0.326 e. The van der Waals surface area contributed by atoms with Gasteiger partial charge in [-0.3, -0.25) is 9.59 Å². The Balaban J connectivity index is 2.14. The maximum atomic E-state index is 12.5. The summed E-state index contributed by atoms with van der Waals surface area (Å²) in [5, 5.41) is 12.0. The van der Waals surface area contributed by atoms with Gasteiger partial charge in [-0.25, -0.2) is 4.79 Å². The SMILES string of the molecule is CC(=O)N[C@H](CC(=O)N1CCC[C@H]1C(=O)O)c1ccc(Br)cc1. The molecule has 2 atom stereocenters. The first-order valence-electron chi connectivity index (χ1n) is 7.43. The lowest BCUT2D eigenvalue weighted by Crippen LogP contribution is -2.42. The molecular formula is C16H19BrN2O4. The Morgan fingerprint density at radius 3 is 2.57 bits per heavy atom. The minimum atomic E-state index is -0.976. The van der Waals surface area contributed by atoms with Crippen LogP contribution in [-0.2, 0) is 14.4 Å². The molecule has 1 fully saturated rings.